The monoisotopic (exact) mass is 291 g/mol. The van der Waals surface area contributed by atoms with Crippen LogP contribution in [0.4, 0.5) is 0 Å². The van der Waals surface area contributed by atoms with Crippen molar-refractivity contribution in [2.45, 2.75) is 18.9 Å². The summed E-state index contributed by atoms with van der Waals surface area (Å²) >= 11 is 1.44. The molecule has 106 valence electrons. The zero-order valence-corrected chi connectivity index (χ0v) is 12.1. The van der Waals surface area contributed by atoms with Crippen LogP contribution in [0.25, 0.3) is 10.6 Å². The molecule has 0 aromatic carbocycles. The molecule has 1 saturated carbocycles. The van der Waals surface area contributed by atoms with Crippen LogP contribution < -0.4 is 11.1 Å². The van der Waals surface area contributed by atoms with E-state index < -0.39 is 0 Å². The Morgan fingerprint density at radius 1 is 1.65 bits per heavy atom. The Morgan fingerprint density at radius 2 is 2.45 bits per heavy atom. The van der Waals surface area contributed by atoms with Gasteiger partial charge in [0.05, 0.1) is 6.20 Å². The normalized spacial score (nSPS) is 16.1. The van der Waals surface area contributed by atoms with Crippen molar-refractivity contribution in [1.82, 2.24) is 20.1 Å². The number of nitrogens with two attached hydrogens (primary N) is 1. The Hall–Kier alpha value is -1.73. The van der Waals surface area contributed by atoms with E-state index in [0.29, 0.717) is 18.2 Å². The van der Waals surface area contributed by atoms with Crippen LogP contribution in [0.2, 0.25) is 0 Å². The maximum atomic E-state index is 12.0. The van der Waals surface area contributed by atoms with Gasteiger partial charge in [-0.15, -0.1) is 11.3 Å². The van der Waals surface area contributed by atoms with Crippen LogP contribution in [0.1, 0.15) is 23.3 Å². The van der Waals surface area contributed by atoms with Gasteiger partial charge < -0.3 is 11.1 Å². The number of amides is 1. The van der Waals surface area contributed by atoms with Crippen LogP contribution in [0.5, 0.6) is 0 Å². The average molecular weight is 291 g/mol. The molecule has 3 rings (SSSR count). The number of carbonyl (C=O) groups excluding carboxylic acids is 1. The molecule has 7 heteroatoms. The first-order valence-electron chi connectivity index (χ1n) is 6.62. The average Bonchev–Trinajstić information content (AvgIpc) is 3.01. The third kappa shape index (κ3) is 2.88. The molecule has 0 spiro atoms. The quantitative estimate of drug-likeness (QED) is 0.861. The third-order valence-electron chi connectivity index (χ3n) is 3.41. The molecule has 1 aliphatic rings. The number of rotatable bonds is 5. The molecule has 6 nitrogen and oxygen atoms in total. The highest BCUT2D eigenvalue weighted by Gasteiger charge is 2.28. The zero-order valence-electron chi connectivity index (χ0n) is 11.2. The van der Waals surface area contributed by atoms with Crippen molar-refractivity contribution in [2.24, 2.45) is 18.7 Å². The van der Waals surface area contributed by atoms with Crippen LogP contribution in [0, 0.1) is 5.92 Å². The summed E-state index contributed by atoms with van der Waals surface area (Å²) in [6.45, 7) is 0.517. The lowest BCUT2D eigenvalue weighted by Gasteiger charge is -2.10. The number of nitrogens with one attached hydrogen (secondary N) is 1. The molecule has 0 aliphatic heterocycles. The standard InChI is InChI=1S/C13H17N5OS/c1-18-6-9(4-16-18)13-17-11(7-20-13)12(19)15-5-10(14)8-2-3-8/h4,6-8,10H,2-3,5,14H2,1H3,(H,15,19). The van der Waals surface area contributed by atoms with Crippen molar-refractivity contribution in [2.75, 3.05) is 6.54 Å². The number of hydrogen-bond acceptors (Lipinski definition) is 5. The van der Waals surface area contributed by atoms with Crippen molar-refractivity contribution in [3.05, 3.63) is 23.5 Å². The summed E-state index contributed by atoms with van der Waals surface area (Å²) in [5.41, 5.74) is 7.32. The largest absolute Gasteiger partial charge is 0.349 e. The SMILES string of the molecule is Cn1cc(-c2nc(C(=O)NCC(N)C3CC3)cs2)cn1. The number of hydrogen-bond donors (Lipinski definition) is 2. The maximum Gasteiger partial charge on any atom is 0.270 e. The Morgan fingerprint density at radius 3 is 3.10 bits per heavy atom. The van der Waals surface area contributed by atoms with Crippen LogP contribution in [0.15, 0.2) is 17.8 Å². The fourth-order valence-electron chi connectivity index (χ4n) is 2.03. The van der Waals surface area contributed by atoms with Crippen molar-refractivity contribution in [3.63, 3.8) is 0 Å². The summed E-state index contributed by atoms with van der Waals surface area (Å²) in [4.78, 5) is 16.3. The molecule has 1 fully saturated rings. The highest BCUT2D eigenvalue weighted by atomic mass is 32.1. The van der Waals surface area contributed by atoms with Gasteiger partial charge >= 0.3 is 0 Å². The summed E-state index contributed by atoms with van der Waals surface area (Å²) in [5.74, 6) is 0.421. The minimum Gasteiger partial charge on any atom is -0.349 e. The van der Waals surface area contributed by atoms with Crippen molar-refractivity contribution < 1.29 is 4.79 Å². The molecule has 0 saturated heterocycles. The van der Waals surface area contributed by atoms with E-state index in [0.717, 1.165) is 10.6 Å². The van der Waals surface area contributed by atoms with Crippen molar-refractivity contribution in [3.8, 4) is 10.6 Å². The Balaban J connectivity index is 1.62. The summed E-state index contributed by atoms with van der Waals surface area (Å²) in [7, 11) is 1.85. The maximum absolute atomic E-state index is 12.0. The Labute approximate surface area is 121 Å². The molecule has 1 atom stereocenters. The van der Waals surface area contributed by atoms with Crippen LogP contribution in [-0.4, -0.2) is 33.3 Å². The van der Waals surface area contributed by atoms with E-state index in [1.54, 1.807) is 16.3 Å². The predicted molar refractivity (Wildman–Crippen MR) is 77.3 cm³/mol. The third-order valence-corrected chi connectivity index (χ3v) is 4.31. The molecule has 3 N–H and O–H groups in total. The molecule has 0 bridgehead atoms. The number of aromatic nitrogens is 3. The molecule has 0 radical (unpaired) electrons. The summed E-state index contributed by atoms with van der Waals surface area (Å²) in [6, 6.07) is 0.0652. The van der Waals surface area contributed by atoms with Gasteiger partial charge in [0.15, 0.2) is 0 Å². The van der Waals surface area contributed by atoms with E-state index in [2.05, 4.69) is 15.4 Å². The minimum absolute atomic E-state index is 0.0652. The van der Waals surface area contributed by atoms with E-state index in [1.165, 1.54) is 24.2 Å². The van der Waals surface area contributed by atoms with Gasteiger partial charge in [0.1, 0.15) is 10.7 Å². The van der Waals surface area contributed by atoms with Gasteiger partial charge in [-0.1, -0.05) is 0 Å². The fraction of sp³-hybridized carbons (Fsp3) is 0.462. The first kappa shape index (κ1) is 13.3. The Kier molecular flexibility index (Phi) is 3.54. The Bertz CT molecular complexity index is 616. The lowest BCUT2D eigenvalue weighted by atomic mass is 10.2. The molecular formula is C13H17N5OS. The second-order valence-corrected chi connectivity index (χ2v) is 6.01. The van der Waals surface area contributed by atoms with Crippen LogP contribution >= 0.6 is 11.3 Å². The van der Waals surface area contributed by atoms with Gasteiger partial charge in [-0.2, -0.15) is 5.10 Å². The van der Waals surface area contributed by atoms with E-state index in [4.69, 9.17) is 5.73 Å². The van der Waals surface area contributed by atoms with Gasteiger partial charge in [-0.25, -0.2) is 4.98 Å². The van der Waals surface area contributed by atoms with Crippen LogP contribution in [0.3, 0.4) is 0 Å². The smallest absolute Gasteiger partial charge is 0.270 e. The highest BCUT2D eigenvalue weighted by Crippen LogP contribution is 2.31. The highest BCUT2D eigenvalue weighted by molar-refractivity contribution is 7.13. The van der Waals surface area contributed by atoms with Gasteiger partial charge in [0.25, 0.3) is 5.91 Å². The topological polar surface area (TPSA) is 85.8 Å². The molecule has 1 aliphatic carbocycles. The van der Waals surface area contributed by atoms with Crippen molar-refractivity contribution >= 4 is 17.2 Å². The first-order chi connectivity index (χ1) is 9.63. The number of aryl methyl sites for hydroxylation is 1. The van der Waals surface area contributed by atoms with E-state index in [1.807, 2.05) is 13.2 Å². The second-order valence-electron chi connectivity index (χ2n) is 5.15. The van der Waals surface area contributed by atoms with Gasteiger partial charge in [-0.3, -0.25) is 9.48 Å². The lowest BCUT2D eigenvalue weighted by Crippen LogP contribution is -2.38. The molecule has 2 aromatic rings. The van der Waals surface area contributed by atoms with Crippen molar-refractivity contribution in [1.29, 1.82) is 0 Å². The second kappa shape index (κ2) is 5.34. The van der Waals surface area contributed by atoms with Gasteiger partial charge in [0.2, 0.25) is 0 Å². The van der Waals surface area contributed by atoms with E-state index in [9.17, 15) is 4.79 Å². The van der Waals surface area contributed by atoms with E-state index in [-0.39, 0.29) is 11.9 Å². The summed E-state index contributed by atoms with van der Waals surface area (Å²) in [5, 5.41) is 9.51. The number of nitrogens with zero attached hydrogens (tertiary/aromatic N) is 3. The fourth-order valence-corrected chi connectivity index (χ4v) is 2.81. The van der Waals surface area contributed by atoms with Gasteiger partial charge in [0, 0.05) is 36.8 Å². The predicted octanol–water partition coefficient (Wildman–Crippen LogP) is 1.01. The van der Waals surface area contributed by atoms with E-state index >= 15 is 0 Å². The summed E-state index contributed by atoms with van der Waals surface area (Å²) in [6.07, 6.45) is 5.98. The molecule has 20 heavy (non-hydrogen) atoms. The summed E-state index contributed by atoms with van der Waals surface area (Å²) < 4.78 is 1.71. The first-order valence-corrected chi connectivity index (χ1v) is 7.50. The number of carbonyl (C=O) groups is 1. The van der Waals surface area contributed by atoms with Crippen LogP contribution in [-0.2, 0) is 7.05 Å². The zero-order chi connectivity index (χ0) is 14.1. The molecule has 2 heterocycles. The minimum atomic E-state index is -0.160. The number of thiazole rings is 1. The molecular weight excluding hydrogens is 274 g/mol. The molecule has 1 amide bonds. The lowest BCUT2D eigenvalue weighted by molar-refractivity contribution is 0.0946. The van der Waals surface area contributed by atoms with Gasteiger partial charge in [-0.05, 0) is 18.8 Å². The molecule has 2 aromatic heterocycles. The molecule has 1 unspecified atom stereocenters.